The van der Waals surface area contributed by atoms with E-state index >= 15 is 8.78 Å². The van der Waals surface area contributed by atoms with Crippen molar-refractivity contribution in [2.24, 2.45) is 5.41 Å². The van der Waals surface area contributed by atoms with E-state index in [1.165, 1.54) is 23.1 Å². The van der Waals surface area contributed by atoms with Crippen molar-refractivity contribution in [2.75, 3.05) is 58.0 Å². The van der Waals surface area contributed by atoms with Crippen LogP contribution in [0.25, 0.3) is 32.1 Å². The maximum absolute atomic E-state index is 17.2. The number of likely N-dealkylation sites (tertiary alicyclic amines) is 1. The molecule has 0 spiro atoms. The lowest BCUT2D eigenvalue weighted by Crippen LogP contribution is -2.44. The molecule has 18 heteroatoms. The third-order valence-corrected chi connectivity index (χ3v) is 11.1. The fraction of sp³-hybridized carbons (Fsp3) is 0.351. The molecular weight excluding hydrogens is 759 g/mol. The molecule has 0 bridgehead atoms. The van der Waals surface area contributed by atoms with Crippen LogP contribution in [-0.4, -0.2) is 94.4 Å². The summed E-state index contributed by atoms with van der Waals surface area (Å²) in [5.41, 5.74) is 6.35. The molecule has 5 heterocycles. The number of hydrogen-bond donors (Lipinski definition) is 2. The maximum Gasteiger partial charge on any atom is 0.319 e. The van der Waals surface area contributed by atoms with E-state index in [4.69, 9.17) is 37.0 Å². The van der Waals surface area contributed by atoms with Crippen molar-refractivity contribution in [3.05, 3.63) is 69.8 Å². The summed E-state index contributed by atoms with van der Waals surface area (Å²) in [5.74, 6) is -1.68. The molecule has 3 aromatic heterocycles. The van der Waals surface area contributed by atoms with Crippen LogP contribution in [0.4, 0.5) is 24.0 Å². The molecule has 1 saturated heterocycles. The number of carbonyl (C=O) groups excluding carboxylic acids is 1. The van der Waals surface area contributed by atoms with Crippen LogP contribution in [0.1, 0.15) is 41.5 Å². The van der Waals surface area contributed by atoms with Gasteiger partial charge in [-0.25, -0.2) is 13.2 Å². The van der Waals surface area contributed by atoms with Crippen LogP contribution in [-0.2, 0) is 17.9 Å². The van der Waals surface area contributed by atoms with E-state index in [0.717, 1.165) is 17.0 Å². The Kier molecular flexibility index (Phi) is 11.2. The van der Waals surface area contributed by atoms with Crippen LogP contribution in [0.3, 0.4) is 0 Å². The smallest absolute Gasteiger partial charge is 0.319 e. The number of rotatable bonds is 6. The Morgan fingerprint density at radius 1 is 1.22 bits per heavy atom. The fourth-order valence-corrected chi connectivity index (χ4v) is 8.36. The van der Waals surface area contributed by atoms with Crippen LogP contribution in [0, 0.1) is 28.4 Å². The van der Waals surface area contributed by atoms with Crippen LogP contribution in [0.5, 0.6) is 6.01 Å². The van der Waals surface area contributed by atoms with E-state index in [1.807, 2.05) is 24.9 Å². The van der Waals surface area contributed by atoms with Crippen LogP contribution in [0.15, 0.2) is 36.2 Å². The summed E-state index contributed by atoms with van der Waals surface area (Å²) in [4.78, 5) is 35.8. The highest BCUT2D eigenvalue weighted by Gasteiger charge is 2.36. The predicted molar refractivity (Wildman–Crippen MR) is 204 cm³/mol. The Labute approximate surface area is 323 Å². The predicted octanol–water partition coefficient (Wildman–Crippen LogP) is 6.48. The summed E-state index contributed by atoms with van der Waals surface area (Å²) in [5, 5.41) is 21.8. The van der Waals surface area contributed by atoms with Gasteiger partial charge in [-0.3, -0.25) is 14.3 Å². The van der Waals surface area contributed by atoms with Gasteiger partial charge in [0, 0.05) is 72.3 Å². The minimum atomic E-state index is -0.942. The Bertz CT molecular complexity index is 2400. The minimum Gasteiger partial charge on any atom is -0.483 e. The number of aromatic nitrogens is 4. The number of amides is 1. The second kappa shape index (κ2) is 15.7. The summed E-state index contributed by atoms with van der Waals surface area (Å²) in [6.45, 7) is 4.09. The van der Waals surface area contributed by atoms with Gasteiger partial charge in [-0.1, -0.05) is 18.5 Å². The standard InChI is InChI=1S/C36H35ClF3N9O2S.CH2O2/c1-36(17-47(4)11-8-19(36)14-38)18-51-35-43-31-21(33(44-35)48-9-5-10-49-20(16-48)12-25(45-49)34(50)46(2)3)13-23(37)28(30(31)40)29-24(39)6-7-26-27(29)22(15-41)32(42)52-26;2-1-3/h6-7,12-14H,5,8-11,16-18,42H2,1-4H3;1H,(H,2,3)/b19-14+;/t36-;/m0./s1. The Morgan fingerprint density at radius 3 is 2.65 bits per heavy atom. The van der Waals surface area contributed by atoms with Crippen molar-refractivity contribution < 1.29 is 32.6 Å². The van der Waals surface area contributed by atoms with Crippen molar-refractivity contribution in [1.82, 2.24) is 29.5 Å². The zero-order valence-corrected chi connectivity index (χ0v) is 31.9. The number of fused-ring (bicyclic) bond motifs is 3. The second-order valence-electron chi connectivity index (χ2n) is 13.8. The Hall–Kier alpha value is -5.44. The topological polar surface area (TPSA) is 167 Å². The molecule has 55 heavy (non-hydrogen) atoms. The molecule has 5 aromatic rings. The highest BCUT2D eigenvalue weighted by Crippen LogP contribution is 2.46. The van der Waals surface area contributed by atoms with Crippen molar-refractivity contribution in [3.8, 4) is 23.2 Å². The average molecular weight is 796 g/mol. The number of ether oxygens (including phenoxy) is 1. The lowest BCUT2D eigenvalue weighted by atomic mass is 9.78. The Morgan fingerprint density at radius 2 is 1.96 bits per heavy atom. The number of anilines is 2. The van der Waals surface area contributed by atoms with Gasteiger partial charge in [-0.05, 0) is 49.7 Å². The zero-order chi connectivity index (χ0) is 39.8. The number of carboxylic acid groups (broad SMARTS) is 1. The number of nitrogens with two attached hydrogens (primary N) is 1. The molecule has 1 amide bonds. The number of aryl methyl sites for hydroxylation is 1. The van der Waals surface area contributed by atoms with E-state index in [0.29, 0.717) is 67.1 Å². The molecule has 3 N–H and O–H groups in total. The molecule has 1 atom stereocenters. The number of carbonyl (C=O) groups is 2. The van der Waals surface area contributed by atoms with Crippen LogP contribution in [0.2, 0.25) is 5.02 Å². The molecule has 0 unspecified atom stereocenters. The molecule has 288 valence electrons. The van der Waals surface area contributed by atoms with Crippen molar-refractivity contribution >= 4 is 67.1 Å². The van der Waals surface area contributed by atoms with Gasteiger partial charge < -0.3 is 30.3 Å². The number of thiophene rings is 1. The third-order valence-electron chi connectivity index (χ3n) is 9.78. The minimum absolute atomic E-state index is 0.00344. The number of benzene rings is 2. The SMILES string of the molecule is CN1CC/C(=C\F)[C@](C)(COc2nc(N3CCCn4nc(C(=O)N(C)C)cc4C3)c3cc(Cl)c(-c4c(F)ccc5sc(N)c(C#N)c45)c(F)c3n2)C1.O=CO. The summed E-state index contributed by atoms with van der Waals surface area (Å²) in [6.07, 6.45) is 1.75. The molecule has 0 aliphatic carbocycles. The monoisotopic (exact) mass is 795 g/mol. The molecule has 2 aliphatic heterocycles. The normalized spacial score (nSPS) is 18.0. The van der Waals surface area contributed by atoms with Crippen LogP contribution < -0.4 is 15.4 Å². The first-order valence-electron chi connectivity index (χ1n) is 17.1. The fourth-order valence-electron chi connectivity index (χ4n) is 7.15. The summed E-state index contributed by atoms with van der Waals surface area (Å²) < 4.78 is 55.5. The molecule has 0 radical (unpaired) electrons. The zero-order valence-electron chi connectivity index (χ0n) is 30.4. The van der Waals surface area contributed by atoms with Gasteiger partial charge >= 0.3 is 6.01 Å². The van der Waals surface area contributed by atoms with Gasteiger partial charge in [0.2, 0.25) is 0 Å². The number of nitrogen functional groups attached to an aromatic ring is 1. The van der Waals surface area contributed by atoms with Gasteiger partial charge in [0.1, 0.15) is 34.8 Å². The first-order chi connectivity index (χ1) is 26.2. The third kappa shape index (κ3) is 7.36. The van der Waals surface area contributed by atoms with Gasteiger partial charge in [-0.15, -0.1) is 11.3 Å². The molecule has 1 fully saturated rings. The number of nitrogens with zero attached hydrogens (tertiary/aromatic N) is 8. The van der Waals surface area contributed by atoms with Crippen molar-refractivity contribution in [1.29, 1.82) is 5.26 Å². The number of halogens is 4. The molecule has 7 rings (SSSR count). The van der Waals surface area contributed by atoms with E-state index < -0.39 is 17.0 Å². The molecule has 2 aromatic carbocycles. The first-order valence-corrected chi connectivity index (χ1v) is 18.3. The Balaban J connectivity index is 0.00000166. The summed E-state index contributed by atoms with van der Waals surface area (Å²) >= 11 is 7.94. The summed E-state index contributed by atoms with van der Waals surface area (Å²) in [6, 6.07) is 7.73. The van der Waals surface area contributed by atoms with Gasteiger partial charge in [0.15, 0.2) is 11.5 Å². The average Bonchev–Trinajstić information content (AvgIpc) is 3.63. The van der Waals surface area contributed by atoms with Gasteiger partial charge in [0.25, 0.3) is 12.4 Å². The van der Waals surface area contributed by atoms with E-state index in [2.05, 4.69) is 15.0 Å². The lowest BCUT2D eigenvalue weighted by molar-refractivity contribution is -0.122. The van der Waals surface area contributed by atoms with E-state index in [1.54, 1.807) is 24.8 Å². The molecule has 13 nitrogen and oxygen atoms in total. The summed E-state index contributed by atoms with van der Waals surface area (Å²) in [7, 11) is 5.25. The molecule has 2 aliphatic rings. The second-order valence-corrected chi connectivity index (χ2v) is 15.3. The largest absolute Gasteiger partial charge is 0.483 e. The van der Waals surface area contributed by atoms with Gasteiger partial charge in [0.05, 0.1) is 29.2 Å². The van der Waals surface area contributed by atoms with Crippen molar-refractivity contribution in [2.45, 2.75) is 32.9 Å². The number of nitriles is 1. The highest BCUT2D eigenvalue weighted by atomic mass is 35.5. The van der Waals surface area contributed by atoms with Gasteiger partial charge in [-0.2, -0.15) is 20.3 Å². The number of hydrogen-bond acceptors (Lipinski definition) is 11. The number of piperidine rings is 1. The van der Waals surface area contributed by atoms with Crippen LogP contribution >= 0.6 is 22.9 Å². The first kappa shape index (κ1) is 39.3. The lowest BCUT2D eigenvalue weighted by Gasteiger charge is -2.40. The van der Waals surface area contributed by atoms with E-state index in [-0.39, 0.29) is 74.5 Å². The van der Waals surface area contributed by atoms with E-state index in [9.17, 15) is 14.4 Å². The maximum atomic E-state index is 17.2. The van der Waals surface area contributed by atoms with Crippen molar-refractivity contribution in [3.63, 3.8) is 0 Å². The molecular formula is C37H37ClF3N9O4S. The quantitative estimate of drug-likeness (QED) is 0.181. The molecule has 0 saturated carbocycles. The highest BCUT2D eigenvalue weighted by molar-refractivity contribution is 7.23.